The molecule has 0 aromatic rings. The highest BCUT2D eigenvalue weighted by atomic mass is 31.2. The summed E-state index contributed by atoms with van der Waals surface area (Å²) in [7, 11) is -3.02. The van der Waals surface area contributed by atoms with Gasteiger partial charge in [-0.15, -0.1) is 0 Å². The van der Waals surface area contributed by atoms with E-state index >= 15 is 0 Å². The van der Waals surface area contributed by atoms with Gasteiger partial charge in [0.25, 0.3) is 0 Å². The lowest BCUT2D eigenvalue weighted by Crippen LogP contribution is -2.54. The fraction of sp³-hybridized carbons (Fsp3) is 0.943. The van der Waals surface area contributed by atoms with Gasteiger partial charge in [0.05, 0.1) is 36.9 Å². The third kappa shape index (κ3) is 11.8. The molecule has 0 aliphatic carbocycles. The van der Waals surface area contributed by atoms with Crippen molar-refractivity contribution in [2.75, 3.05) is 24.6 Å². The topological polar surface area (TPSA) is 29.5 Å². The maximum atomic E-state index is 11.8. The SMILES string of the molecule is CCCC[P+](CCCC)(CCCC)C/C(C)=C/[C@@H](C)[C@@H](O)[C@@H](C)[C@H](O[Si](C(C)C)(C(C)C)C(C)C)[C@@H](C)CC. The predicted molar refractivity (Wildman–Crippen MR) is 185 cm³/mol. The van der Waals surface area contributed by atoms with Crippen molar-refractivity contribution in [3.8, 4) is 0 Å². The van der Waals surface area contributed by atoms with Crippen LogP contribution in [0.3, 0.4) is 0 Å². The van der Waals surface area contributed by atoms with Crippen LogP contribution in [0.15, 0.2) is 11.6 Å². The van der Waals surface area contributed by atoms with Gasteiger partial charge >= 0.3 is 0 Å². The van der Waals surface area contributed by atoms with E-state index in [1.54, 1.807) is 0 Å². The molecule has 4 heteroatoms. The van der Waals surface area contributed by atoms with Gasteiger partial charge in [-0.3, -0.25) is 0 Å². The first-order valence-corrected chi connectivity index (χ1v) is 21.7. The minimum Gasteiger partial charge on any atom is -0.413 e. The number of hydrogen-bond acceptors (Lipinski definition) is 2. The van der Waals surface area contributed by atoms with Crippen molar-refractivity contribution in [2.24, 2.45) is 17.8 Å². The lowest BCUT2D eigenvalue weighted by Gasteiger charge is -2.48. The third-order valence-corrected chi connectivity index (χ3v) is 21.0. The van der Waals surface area contributed by atoms with E-state index < -0.39 is 15.6 Å². The minimum atomic E-state index is -2.04. The largest absolute Gasteiger partial charge is 0.413 e. The van der Waals surface area contributed by atoms with Crippen LogP contribution >= 0.6 is 7.26 Å². The summed E-state index contributed by atoms with van der Waals surface area (Å²) in [6.07, 6.45) is 17.0. The van der Waals surface area contributed by atoms with E-state index in [9.17, 15) is 5.11 Å². The maximum absolute atomic E-state index is 11.8. The molecule has 0 saturated heterocycles. The first-order chi connectivity index (χ1) is 18.2. The van der Waals surface area contributed by atoms with Gasteiger partial charge in [0, 0.05) is 19.1 Å². The van der Waals surface area contributed by atoms with Gasteiger partial charge < -0.3 is 9.53 Å². The Kier molecular flexibility index (Phi) is 19.6. The Morgan fingerprint density at radius 2 is 1.15 bits per heavy atom. The fourth-order valence-corrected chi connectivity index (χ4v) is 18.5. The van der Waals surface area contributed by atoms with Crippen LogP contribution < -0.4 is 0 Å². The Hall–Kier alpha value is 0.307. The average molecular weight is 586 g/mol. The van der Waals surface area contributed by atoms with Crippen LogP contribution in [-0.4, -0.2) is 50.3 Å². The van der Waals surface area contributed by atoms with Crippen LogP contribution in [0, 0.1) is 17.8 Å². The Bertz CT molecular complexity index is 615. The molecule has 0 spiro atoms. The molecule has 0 amide bonds. The molecule has 0 bridgehead atoms. The summed E-state index contributed by atoms with van der Waals surface area (Å²) >= 11 is 0. The van der Waals surface area contributed by atoms with Gasteiger partial charge in [-0.2, -0.15) is 0 Å². The Balaban J connectivity index is 6.06. The Morgan fingerprint density at radius 1 is 0.744 bits per heavy atom. The Morgan fingerprint density at radius 3 is 1.49 bits per heavy atom. The predicted octanol–water partition coefficient (Wildman–Crippen LogP) is 11.6. The van der Waals surface area contributed by atoms with Crippen LogP contribution in [-0.2, 0) is 4.43 Å². The lowest BCUT2D eigenvalue weighted by molar-refractivity contribution is -0.0160. The molecule has 234 valence electrons. The summed E-state index contributed by atoms with van der Waals surface area (Å²) in [6.45, 7) is 32.8. The normalized spacial score (nSPS) is 17.6. The molecule has 0 aliphatic rings. The van der Waals surface area contributed by atoms with E-state index in [0.29, 0.717) is 22.5 Å². The van der Waals surface area contributed by atoms with Crippen molar-refractivity contribution in [1.82, 2.24) is 0 Å². The standard InChI is InChI=1S/C35H74O2PSi/c1-15-19-22-38(23-20-16-2,24-21-17-3)26-30(11)25-32(13)34(36)33(14)35(31(12)18-4)37-39(27(5)6,28(7)8)29(9)10/h25,27-29,31-36H,15-24,26H2,1-14H3/q+1/b30-25+/t31-,32+,33+,34+,35+/m0/s1. The zero-order chi connectivity index (χ0) is 30.4. The molecule has 39 heavy (non-hydrogen) atoms. The molecule has 0 heterocycles. The highest BCUT2D eigenvalue weighted by Gasteiger charge is 2.48. The van der Waals surface area contributed by atoms with Crippen LogP contribution in [0.1, 0.15) is 142 Å². The number of unbranched alkanes of at least 4 members (excludes halogenated alkanes) is 3. The van der Waals surface area contributed by atoms with Crippen LogP contribution in [0.4, 0.5) is 0 Å². The lowest BCUT2D eigenvalue weighted by atomic mass is 9.83. The van der Waals surface area contributed by atoms with Crippen molar-refractivity contribution in [1.29, 1.82) is 0 Å². The molecule has 0 fully saturated rings. The number of aliphatic hydroxyl groups is 1. The molecule has 0 aliphatic heterocycles. The molecule has 0 unspecified atom stereocenters. The zero-order valence-corrected chi connectivity index (χ0v) is 31.2. The Labute approximate surface area is 249 Å². The summed E-state index contributed by atoms with van der Waals surface area (Å²) < 4.78 is 7.39. The fourth-order valence-electron chi connectivity index (χ4n) is 7.47. The molecule has 0 saturated carbocycles. The molecule has 1 N–H and O–H groups in total. The van der Waals surface area contributed by atoms with Crippen molar-refractivity contribution >= 4 is 15.6 Å². The van der Waals surface area contributed by atoms with Gasteiger partial charge in [0.1, 0.15) is 0 Å². The van der Waals surface area contributed by atoms with Crippen molar-refractivity contribution in [2.45, 2.75) is 171 Å². The van der Waals surface area contributed by atoms with Gasteiger partial charge in [0.15, 0.2) is 0 Å². The van der Waals surface area contributed by atoms with E-state index in [2.05, 4.69) is 103 Å². The van der Waals surface area contributed by atoms with E-state index in [1.165, 1.54) is 68.7 Å². The molecule has 5 atom stereocenters. The van der Waals surface area contributed by atoms with Crippen LogP contribution in [0.25, 0.3) is 0 Å². The van der Waals surface area contributed by atoms with E-state index in [-0.39, 0.29) is 24.0 Å². The van der Waals surface area contributed by atoms with Gasteiger partial charge in [-0.1, -0.05) is 122 Å². The number of hydrogen-bond donors (Lipinski definition) is 1. The first kappa shape index (κ1) is 39.3. The summed E-state index contributed by atoms with van der Waals surface area (Å²) in [6, 6.07) is 0. The maximum Gasteiger partial charge on any atom is 0.200 e. The number of rotatable bonds is 22. The molecule has 2 nitrogen and oxygen atoms in total. The van der Waals surface area contributed by atoms with Crippen LogP contribution in [0.5, 0.6) is 0 Å². The van der Waals surface area contributed by atoms with E-state index in [1.807, 2.05) is 0 Å². The molecule has 0 rings (SSSR count). The summed E-state index contributed by atoms with van der Waals surface area (Å²) in [5.41, 5.74) is 3.19. The van der Waals surface area contributed by atoms with Crippen molar-refractivity contribution < 1.29 is 9.53 Å². The highest BCUT2D eigenvalue weighted by molar-refractivity contribution is 7.76. The van der Waals surface area contributed by atoms with Gasteiger partial charge in [-0.25, -0.2) is 0 Å². The third-order valence-electron chi connectivity index (χ3n) is 9.94. The molecule has 0 aromatic carbocycles. The second kappa shape index (κ2) is 19.5. The number of allylic oxidation sites excluding steroid dienone is 1. The van der Waals surface area contributed by atoms with Gasteiger partial charge in [0.2, 0.25) is 8.32 Å². The van der Waals surface area contributed by atoms with E-state index in [4.69, 9.17) is 4.43 Å². The molecular weight excluding hydrogens is 511 g/mol. The highest BCUT2D eigenvalue weighted by Crippen LogP contribution is 2.62. The average Bonchev–Trinajstić information content (AvgIpc) is 2.87. The minimum absolute atomic E-state index is 0.102. The second-order valence-corrected chi connectivity index (χ2v) is 24.0. The first-order valence-electron chi connectivity index (χ1n) is 17.1. The van der Waals surface area contributed by atoms with Crippen molar-refractivity contribution in [3.63, 3.8) is 0 Å². The zero-order valence-electron chi connectivity index (χ0n) is 29.3. The summed E-state index contributed by atoms with van der Waals surface area (Å²) in [5.74, 6) is 0.696. The molecule has 0 radical (unpaired) electrons. The quantitative estimate of drug-likeness (QED) is 0.0778. The summed E-state index contributed by atoms with van der Waals surface area (Å²) in [4.78, 5) is 0. The molecular formula is C35H74O2PSi+. The second-order valence-electron chi connectivity index (χ2n) is 14.2. The number of aliphatic hydroxyl groups excluding tert-OH is 1. The van der Waals surface area contributed by atoms with Crippen molar-refractivity contribution in [3.05, 3.63) is 11.6 Å². The monoisotopic (exact) mass is 586 g/mol. The summed E-state index contributed by atoms with van der Waals surface area (Å²) in [5, 5.41) is 11.8. The molecule has 0 aromatic heterocycles. The smallest absolute Gasteiger partial charge is 0.200 e. The van der Waals surface area contributed by atoms with E-state index in [0.717, 1.165) is 6.42 Å². The van der Waals surface area contributed by atoms with Crippen LogP contribution in [0.2, 0.25) is 16.6 Å². The van der Waals surface area contributed by atoms with Gasteiger partial charge in [-0.05, 0) is 54.3 Å².